The number of hydrogen-bond donors (Lipinski definition) is 0. The van der Waals surface area contributed by atoms with Crippen molar-refractivity contribution in [1.29, 1.82) is 0 Å². The van der Waals surface area contributed by atoms with E-state index in [1.807, 2.05) is 0 Å². The van der Waals surface area contributed by atoms with Gasteiger partial charge in [0.2, 0.25) is 0 Å². The third-order valence-electron chi connectivity index (χ3n) is 2.13. The summed E-state index contributed by atoms with van der Waals surface area (Å²) in [6.07, 6.45) is 0. The molecule has 0 amide bonds. The molecule has 2 aromatic carbocycles. The van der Waals surface area contributed by atoms with Crippen molar-refractivity contribution in [2.45, 2.75) is 27.7 Å². The topological polar surface area (TPSA) is 0 Å². The van der Waals surface area contributed by atoms with Gasteiger partial charge in [-0.25, -0.2) is 23.3 Å². The van der Waals surface area contributed by atoms with Gasteiger partial charge in [0.05, 0.1) is 0 Å². The molecule has 0 aliphatic carbocycles. The van der Waals surface area contributed by atoms with Gasteiger partial charge >= 0.3 is 21.7 Å². The van der Waals surface area contributed by atoms with Crippen LogP contribution in [0.4, 0.5) is 0 Å². The van der Waals surface area contributed by atoms with Gasteiger partial charge in [-0.3, -0.25) is 0 Å². The molecule has 0 spiro atoms. The van der Waals surface area contributed by atoms with Crippen LogP contribution in [0, 0.1) is 42.5 Å². The average Bonchev–Trinajstić information content (AvgIpc) is 2.63. The Morgan fingerprint density at radius 1 is 0.765 bits per heavy atom. The summed E-state index contributed by atoms with van der Waals surface area (Å²) in [4.78, 5) is 0. The van der Waals surface area contributed by atoms with Crippen LogP contribution in [0.1, 0.15) is 22.3 Å². The Bertz CT molecular complexity index is 308. The monoisotopic (exact) mass is 264 g/mol. The van der Waals surface area contributed by atoms with Crippen molar-refractivity contribution in [1.82, 2.24) is 0 Å². The van der Waals surface area contributed by atoms with Crippen LogP contribution < -0.4 is 0 Å². The standard InChI is InChI=1S/2C7H9.2CH3.Ti/c2*1-6-3-4-7(2)5-6;;;/h2*3-5H,1-2H3;2*1H3;/q4*-1;+4. The summed E-state index contributed by atoms with van der Waals surface area (Å²) >= 11 is 0. The molecule has 0 saturated heterocycles. The van der Waals surface area contributed by atoms with Crippen LogP contribution in [0.5, 0.6) is 0 Å². The van der Waals surface area contributed by atoms with Crippen LogP contribution in [-0.4, -0.2) is 0 Å². The largest absolute Gasteiger partial charge is 4.00 e. The van der Waals surface area contributed by atoms with Gasteiger partial charge in [0.25, 0.3) is 0 Å². The molecule has 0 aromatic heterocycles. The number of aryl methyl sites for hydroxylation is 4. The Morgan fingerprint density at radius 3 is 1.12 bits per heavy atom. The molecule has 92 valence electrons. The van der Waals surface area contributed by atoms with E-state index in [4.69, 9.17) is 0 Å². The molecule has 0 N–H and O–H groups in total. The van der Waals surface area contributed by atoms with E-state index in [1.165, 1.54) is 22.3 Å². The molecule has 0 heterocycles. The normalized spacial score (nSPS) is 7.76. The van der Waals surface area contributed by atoms with Crippen molar-refractivity contribution in [3.05, 3.63) is 73.5 Å². The van der Waals surface area contributed by atoms with Gasteiger partial charge in [-0.2, -0.15) is 35.4 Å². The van der Waals surface area contributed by atoms with Crippen molar-refractivity contribution in [2.75, 3.05) is 0 Å². The van der Waals surface area contributed by atoms with Gasteiger partial charge in [0.15, 0.2) is 0 Å². The molecule has 17 heavy (non-hydrogen) atoms. The summed E-state index contributed by atoms with van der Waals surface area (Å²) in [6.45, 7) is 8.42. The minimum atomic E-state index is 0. The first-order valence-electron chi connectivity index (χ1n) is 4.98. The minimum Gasteiger partial charge on any atom is -0.358 e. The summed E-state index contributed by atoms with van der Waals surface area (Å²) in [7, 11) is 0. The fourth-order valence-electron chi connectivity index (χ4n) is 1.44. The van der Waals surface area contributed by atoms with E-state index in [9.17, 15) is 0 Å². The molecule has 0 aliphatic rings. The van der Waals surface area contributed by atoms with Gasteiger partial charge in [-0.15, -0.1) is 0 Å². The molecular weight excluding hydrogens is 240 g/mol. The predicted octanol–water partition coefficient (Wildman–Crippen LogP) is 4.94. The zero-order valence-electron chi connectivity index (χ0n) is 12.0. The predicted molar refractivity (Wildman–Crippen MR) is 75.8 cm³/mol. The van der Waals surface area contributed by atoms with Gasteiger partial charge < -0.3 is 14.9 Å². The first-order valence-corrected chi connectivity index (χ1v) is 4.98. The van der Waals surface area contributed by atoms with Crippen LogP contribution in [0.25, 0.3) is 0 Å². The first kappa shape index (κ1) is 21.7. The third kappa shape index (κ3) is 9.15. The van der Waals surface area contributed by atoms with Gasteiger partial charge in [-0.1, -0.05) is 27.7 Å². The molecule has 2 rings (SSSR count). The number of rotatable bonds is 0. The second-order valence-corrected chi connectivity index (χ2v) is 3.93. The zero-order chi connectivity index (χ0) is 10.6. The Hall–Kier alpha value is -0.586. The Labute approximate surface area is 123 Å². The Morgan fingerprint density at radius 2 is 1.06 bits per heavy atom. The smallest absolute Gasteiger partial charge is 0.358 e. The van der Waals surface area contributed by atoms with Crippen LogP contribution in [0.3, 0.4) is 0 Å². The molecular formula is C16H24Ti. The van der Waals surface area contributed by atoms with Crippen LogP contribution >= 0.6 is 0 Å². The summed E-state index contributed by atoms with van der Waals surface area (Å²) in [6, 6.07) is 12.8. The van der Waals surface area contributed by atoms with Gasteiger partial charge in [0, 0.05) is 0 Å². The van der Waals surface area contributed by atoms with E-state index in [-0.39, 0.29) is 36.6 Å². The van der Waals surface area contributed by atoms with E-state index in [0.717, 1.165) is 0 Å². The second kappa shape index (κ2) is 10.6. The van der Waals surface area contributed by atoms with Crippen molar-refractivity contribution < 1.29 is 21.7 Å². The maximum Gasteiger partial charge on any atom is 4.00 e. The number of hydrogen-bond acceptors (Lipinski definition) is 0. The van der Waals surface area contributed by atoms with E-state index >= 15 is 0 Å². The summed E-state index contributed by atoms with van der Waals surface area (Å²) in [5.74, 6) is 0. The molecule has 0 atom stereocenters. The first-order chi connectivity index (χ1) is 6.58. The molecule has 0 radical (unpaired) electrons. The average molecular weight is 264 g/mol. The van der Waals surface area contributed by atoms with E-state index in [1.54, 1.807) is 0 Å². The molecule has 0 aliphatic heterocycles. The second-order valence-electron chi connectivity index (χ2n) is 3.93. The maximum absolute atomic E-state index is 2.17. The van der Waals surface area contributed by atoms with Crippen LogP contribution in [0.15, 0.2) is 36.4 Å². The molecule has 0 bridgehead atoms. The SMILES string of the molecule is Cc1cc[c-](C)c1.Cc1cc[c-](C)c1.[CH3-].[CH3-].[Ti+4]. The summed E-state index contributed by atoms with van der Waals surface area (Å²) in [5, 5.41) is 0. The zero-order valence-corrected chi connectivity index (χ0v) is 13.5. The van der Waals surface area contributed by atoms with Gasteiger partial charge in [-0.05, 0) is 0 Å². The fraction of sp³-hybridized carbons (Fsp3) is 0.250. The molecule has 0 saturated carbocycles. The van der Waals surface area contributed by atoms with Crippen molar-refractivity contribution in [3.8, 4) is 0 Å². The molecule has 0 unspecified atom stereocenters. The quantitative estimate of drug-likeness (QED) is 0.467. The molecule has 1 heteroatoms. The van der Waals surface area contributed by atoms with E-state index in [0.29, 0.717) is 0 Å². The fourth-order valence-corrected chi connectivity index (χ4v) is 1.44. The van der Waals surface area contributed by atoms with E-state index in [2.05, 4.69) is 64.1 Å². The van der Waals surface area contributed by atoms with Crippen molar-refractivity contribution >= 4 is 0 Å². The molecule has 2 aromatic rings. The molecule has 0 fully saturated rings. The Balaban J connectivity index is -0.000000196. The van der Waals surface area contributed by atoms with Crippen LogP contribution in [0.2, 0.25) is 0 Å². The third-order valence-corrected chi connectivity index (χ3v) is 2.13. The van der Waals surface area contributed by atoms with Crippen molar-refractivity contribution in [2.24, 2.45) is 0 Å². The van der Waals surface area contributed by atoms with Crippen LogP contribution in [-0.2, 0) is 21.7 Å². The minimum absolute atomic E-state index is 0. The van der Waals surface area contributed by atoms with Gasteiger partial charge in [0.1, 0.15) is 0 Å². The van der Waals surface area contributed by atoms with E-state index < -0.39 is 0 Å². The molecule has 0 nitrogen and oxygen atoms in total. The summed E-state index contributed by atoms with van der Waals surface area (Å²) in [5.41, 5.74) is 5.44. The maximum atomic E-state index is 2.17. The summed E-state index contributed by atoms with van der Waals surface area (Å²) < 4.78 is 0. The van der Waals surface area contributed by atoms with Crippen molar-refractivity contribution in [3.63, 3.8) is 0 Å². The Kier molecular flexibility index (Phi) is 13.5.